The number of methoxy groups -OCH3 is 1. The molecule has 0 unspecified atom stereocenters. The Balaban J connectivity index is 1.62. The molecule has 124 valence electrons. The maximum absolute atomic E-state index is 5.36. The lowest BCUT2D eigenvalue weighted by Crippen LogP contribution is -1.84. The van der Waals surface area contributed by atoms with E-state index >= 15 is 0 Å². The van der Waals surface area contributed by atoms with E-state index in [-0.39, 0.29) is 0 Å². The molecule has 0 saturated heterocycles. The first-order valence-corrected chi connectivity index (χ1v) is 8.32. The lowest BCUT2D eigenvalue weighted by atomic mass is 10.1. The van der Waals surface area contributed by atoms with Gasteiger partial charge in [-0.15, -0.1) is 0 Å². The monoisotopic (exact) mass is 396 g/mol. The van der Waals surface area contributed by atoms with Crippen molar-refractivity contribution in [2.24, 2.45) is 0 Å². The standard InChI is InChI=1S/C18H13BrN4O2/c1-24-14-7-5-11(6-8-14)17-20-18(25-23-17)16-10-15(21-22-16)12-3-2-4-13(19)9-12/h2-10H,1H3,(H,21,22). The highest BCUT2D eigenvalue weighted by atomic mass is 79.9. The van der Waals surface area contributed by atoms with E-state index in [1.807, 2.05) is 54.6 Å². The van der Waals surface area contributed by atoms with Gasteiger partial charge in [0.1, 0.15) is 11.4 Å². The summed E-state index contributed by atoms with van der Waals surface area (Å²) in [4.78, 5) is 4.43. The molecule has 0 radical (unpaired) electrons. The molecule has 4 rings (SSSR count). The number of nitrogens with zero attached hydrogens (tertiary/aromatic N) is 3. The Morgan fingerprint density at radius 3 is 2.64 bits per heavy atom. The van der Waals surface area contributed by atoms with Crippen LogP contribution in [0.1, 0.15) is 0 Å². The molecular weight excluding hydrogens is 384 g/mol. The summed E-state index contributed by atoms with van der Waals surface area (Å²) in [7, 11) is 1.63. The van der Waals surface area contributed by atoms with Crippen molar-refractivity contribution < 1.29 is 9.26 Å². The van der Waals surface area contributed by atoms with E-state index in [0.29, 0.717) is 17.4 Å². The third-order valence-electron chi connectivity index (χ3n) is 3.70. The van der Waals surface area contributed by atoms with Gasteiger partial charge in [0, 0.05) is 15.6 Å². The minimum Gasteiger partial charge on any atom is -0.497 e. The van der Waals surface area contributed by atoms with Crippen LogP contribution in [0.2, 0.25) is 0 Å². The summed E-state index contributed by atoms with van der Waals surface area (Å²) in [6.45, 7) is 0. The molecule has 0 amide bonds. The minimum absolute atomic E-state index is 0.388. The first kappa shape index (κ1) is 15.6. The highest BCUT2D eigenvalue weighted by Crippen LogP contribution is 2.27. The number of nitrogens with one attached hydrogen (secondary N) is 1. The number of benzene rings is 2. The fourth-order valence-corrected chi connectivity index (χ4v) is 2.82. The Labute approximate surface area is 152 Å². The molecule has 4 aromatic rings. The van der Waals surface area contributed by atoms with E-state index in [2.05, 4.69) is 36.3 Å². The van der Waals surface area contributed by atoms with Gasteiger partial charge in [0.25, 0.3) is 5.89 Å². The summed E-state index contributed by atoms with van der Waals surface area (Å²) >= 11 is 3.46. The molecule has 0 atom stereocenters. The Kier molecular flexibility index (Phi) is 4.07. The number of halogens is 1. The third kappa shape index (κ3) is 3.18. The van der Waals surface area contributed by atoms with Gasteiger partial charge in [-0.2, -0.15) is 10.1 Å². The zero-order valence-electron chi connectivity index (χ0n) is 13.2. The van der Waals surface area contributed by atoms with E-state index in [4.69, 9.17) is 9.26 Å². The number of rotatable bonds is 4. The van der Waals surface area contributed by atoms with Gasteiger partial charge in [-0.1, -0.05) is 33.2 Å². The topological polar surface area (TPSA) is 76.8 Å². The molecular formula is C18H13BrN4O2. The molecule has 2 aromatic carbocycles. The molecule has 7 heteroatoms. The molecule has 0 aliphatic heterocycles. The number of hydrogen-bond donors (Lipinski definition) is 1. The molecule has 25 heavy (non-hydrogen) atoms. The van der Waals surface area contributed by atoms with Gasteiger partial charge < -0.3 is 9.26 Å². The van der Waals surface area contributed by atoms with Crippen LogP contribution in [0.3, 0.4) is 0 Å². The highest BCUT2D eigenvalue weighted by molar-refractivity contribution is 9.10. The van der Waals surface area contributed by atoms with Gasteiger partial charge in [-0.3, -0.25) is 5.10 Å². The summed E-state index contributed by atoms with van der Waals surface area (Å²) < 4.78 is 11.5. The van der Waals surface area contributed by atoms with Crippen molar-refractivity contribution in [2.75, 3.05) is 7.11 Å². The van der Waals surface area contributed by atoms with Gasteiger partial charge in [-0.25, -0.2) is 0 Å². The van der Waals surface area contributed by atoms with E-state index in [9.17, 15) is 0 Å². The number of aromatic amines is 1. The molecule has 2 aromatic heterocycles. The maximum atomic E-state index is 5.36. The van der Waals surface area contributed by atoms with Crippen LogP contribution < -0.4 is 4.74 Å². The van der Waals surface area contributed by atoms with Gasteiger partial charge in [0.2, 0.25) is 5.82 Å². The zero-order chi connectivity index (χ0) is 17.2. The molecule has 0 spiro atoms. The van der Waals surface area contributed by atoms with E-state index in [0.717, 1.165) is 27.0 Å². The van der Waals surface area contributed by atoms with Gasteiger partial charge in [0.15, 0.2) is 0 Å². The number of ether oxygens (including phenoxy) is 1. The number of H-pyrrole nitrogens is 1. The van der Waals surface area contributed by atoms with Crippen LogP contribution >= 0.6 is 15.9 Å². The van der Waals surface area contributed by atoms with Crippen molar-refractivity contribution >= 4 is 15.9 Å². The number of hydrogen-bond acceptors (Lipinski definition) is 5. The van der Waals surface area contributed by atoms with Crippen molar-refractivity contribution in [2.45, 2.75) is 0 Å². The van der Waals surface area contributed by atoms with Crippen molar-refractivity contribution in [3.05, 3.63) is 59.1 Å². The predicted octanol–water partition coefficient (Wildman–Crippen LogP) is 4.56. The van der Waals surface area contributed by atoms with Crippen LogP contribution in [0.4, 0.5) is 0 Å². The lowest BCUT2D eigenvalue weighted by Gasteiger charge is -1.98. The molecule has 0 aliphatic rings. The second kappa shape index (κ2) is 6.52. The Morgan fingerprint density at radius 2 is 1.88 bits per heavy atom. The first-order valence-electron chi connectivity index (χ1n) is 7.53. The second-order valence-corrected chi connectivity index (χ2v) is 6.24. The minimum atomic E-state index is 0.388. The first-order chi connectivity index (χ1) is 12.2. The molecule has 0 aliphatic carbocycles. The summed E-state index contributed by atoms with van der Waals surface area (Å²) in [6.07, 6.45) is 0. The molecule has 2 heterocycles. The van der Waals surface area contributed by atoms with E-state index in [1.54, 1.807) is 7.11 Å². The molecule has 0 bridgehead atoms. The normalized spacial score (nSPS) is 10.8. The summed E-state index contributed by atoms with van der Waals surface area (Å²) in [5.74, 6) is 1.68. The fourth-order valence-electron chi connectivity index (χ4n) is 2.42. The van der Waals surface area contributed by atoms with Gasteiger partial charge in [0.05, 0.1) is 12.8 Å². The number of aromatic nitrogens is 4. The molecule has 0 fully saturated rings. The average molecular weight is 397 g/mol. The van der Waals surface area contributed by atoms with Crippen molar-refractivity contribution in [1.82, 2.24) is 20.3 Å². The Hall–Kier alpha value is -2.93. The molecule has 6 nitrogen and oxygen atoms in total. The highest BCUT2D eigenvalue weighted by Gasteiger charge is 2.14. The zero-order valence-corrected chi connectivity index (χ0v) is 14.8. The predicted molar refractivity (Wildman–Crippen MR) is 97.0 cm³/mol. The van der Waals surface area contributed by atoms with Crippen molar-refractivity contribution in [1.29, 1.82) is 0 Å². The van der Waals surface area contributed by atoms with Crippen molar-refractivity contribution in [3.8, 4) is 40.0 Å². The third-order valence-corrected chi connectivity index (χ3v) is 4.20. The second-order valence-electron chi connectivity index (χ2n) is 5.33. The van der Waals surface area contributed by atoms with E-state index in [1.165, 1.54) is 0 Å². The quantitative estimate of drug-likeness (QED) is 0.546. The smallest absolute Gasteiger partial charge is 0.276 e. The fraction of sp³-hybridized carbons (Fsp3) is 0.0556. The van der Waals surface area contributed by atoms with Crippen molar-refractivity contribution in [3.63, 3.8) is 0 Å². The summed E-state index contributed by atoms with van der Waals surface area (Å²) in [5.41, 5.74) is 3.32. The van der Waals surface area contributed by atoms with Crippen LogP contribution in [-0.4, -0.2) is 27.4 Å². The van der Waals surface area contributed by atoms with E-state index < -0.39 is 0 Å². The average Bonchev–Trinajstić information content (AvgIpc) is 3.31. The maximum Gasteiger partial charge on any atom is 0.276 e. The van der Waals surface area contributed by atoms with Crippen LogP contribution in [0, 0.1) is 0 Å². The summed E-state index contributed by atoms with van der Waals surface area (Å²) in [6, 6.07) is 17.3. The summed E-state index contributed by atoms with van der Waals surface area (Å²) in [5, 5.41) is 11.3. The SMILES string of the molecule is COc1ccc(-c2noc(-c3cc(-c4cccc(Br)c4)n[nH]3)n2)cc1. The van der Waals surface area contributed by atoms with Crippen LogP contribution in [0.25, 0.3) is 34.2 Å². The van der Waals surface area contributed by atoms with Crippen LogP contribution in [-0.2, 0) is 0 Å². The van der Waals surface area contributed by atoms with Gasteiger partial charge in [-0.05, 0) is 42.5 Å². The molecule has 0 saturated carbocycles. The van der Waals surface area contributed by atoms with Crippen LogP contribution in [0.5, 0.6) is 5.75 Å². The van der Waals surface area contributed by atoms with Crippen LogP contribution in [0.15, 0.2) is 63.6 Å². The Bertz CT molecular complexity index is 1010. The largest absolute Gasteiger partial charge is 0.497 e. The molecule has 1 N–H and O–H groups in total. The van der Waals surface area contributed by atoms with Gasteiger partial charge >= 0.3 is 0 Å². The lowest BCUT2D eigenvalue weighted by molar-refractivity contribution is 0.414. The Morgan fingerprint density at radius 1 is 1.04 bits per heavy atom.